The summed E-state index contributed by atoms with van der Waals surface area (Å²) in [5.41, 5.74) is 0.874. The van der Waals surface area contributed by atoms with Crippen LogP contribution in [-0.4, -0.2) is 18.0 Å². The first-order chi connectivity index (χ1) is 8.23. The summed E-state index contributed by atoms with van der Waals surface area (Å²) in [5, 5.41) is 0. The molecule has 1 aliphatic heterocycles. The third kappa shape index (κ3) is 2.62. The molecule has 1 spiro atoms. The predicted molar refractivity (Wildman–Crippen MR) is 68.9 cm³/mol. The maximum atomic E-state index is 12.3. The van der Waals surface area contributed by atoms with Crippen molar-refractivity contribution in [2.75, 3.05) is 6.61 Å². The monoisotopic (exact) mass is 236 g/mol. The molecule has 17 heavy (non-hydrogen) atoms. The van der Waals surface area contributed by atoms with E-state index in [0.717, 1.165) is 31.4 Å². The van der Waals surface area contributed by atoms with Crippen LogP contribution in [0.5, 0.6) is 0 Å². The van der Waals surface area contributed by atoms with Crippen LogP contribution < -0.4 is 0 Å². The van der Waals surface area contributed by atoms with E-state index in [1.807, 2.05) is 0 Å². The summed E-state index contributed by atoms with van der Waals surface area (Å²) in [5.74, 6) is 0.516. The number of Topliss-reactive ketones (excluding diaryl/α,β-unsaturated/α-hetero) is 1. The zero-order chi connectivity index (χ0) is 12.3. The first kappa shape index (κ1) is 12.8. The third-order valence-corrected chi connectivity index (χ3v) is 3.98. The fraction of sp³-hybridized carbons (Fsp3) is 0.800. The zero-order valence-corrected chi connectivity index (χ0v) is 11.1. The number of carbonyl (C=O) groups excluding carboxylic acids is 1. The number of carbonyl (C=O) groups is 1. The van der Waals surface area contributed by atoms with Crippen molar-refractivity contribution in [3.05, 3.63) is 11.6 Å². The molecule has 2 rings (SSSR count). The molecule has 0 bridgehead atoms. The van der Waals surface area contributed by atoms with Gasteiger partial charge in [0.2, 0.25) is 0 Å². The minimum absolute atomic E-state index is 0.140. The zero-order valence-electron chi connectivity index (χ0n) is 11.1. The van der Waals surface area contributed by atoms with Crippen molar-refractivity contribution in [1.82, 2.24) is 0 Å². The highest BCUT2D eigenvalue weighted by Crippen LogP contribution is 2.47. The fourth-order valence-electron chi connectivity index (χ4n) is 2.90. The molecule has 0 radical (unpaired) electrons. The Morgan fingerprint density at radius 3 is 2.65 bits per heavy atom. The third-order valence-electron chi connectivity index (χ3n) is 3.98. The Kier molecular flexibility index (Phi) is 4.03. The van der Waals surface area contributed by atoms with Gasteiger partial charge in [0.15, 0.2) is 5.78 Å². The van der Waals surface area contributed by atoms with E-state index in [2.05, 4.69) is 19.9 Å². The van der Waals surface area contributed by atoms with Crippen LogP contribution >= 0.6 is 0 Å². The van der Waals surface area contributed by atoms with Crippen LogP contribution in [0.2, 0.25) is 0 Å². The number of hydrogen-bond acceptors (Lipinski definition) is 2. The van der Waals surface area contributed by atoms with Gasteiger partial charge in [0.25, 0.3) is 0 Å². The second kappa shape index (κ2) is 5.34. The van der Waals surface area contributed by atoms with E-state index in [9.17, 15) is 4.79 Å². The molecule has 0 aromatic carbocycles. The van der Waals surface area contributed by atoms with Gasteiger partial charge < -0.3 is 4.74 Å². The molecule has 2 heteroatoms. The molecule has 96 valence electrons. The van der Waals surface area contributed by atoms with Crippen LogP contribution in [0.15, 0.2) is 11.6 Å². The van der Waals surface area contributed by atoms with Crippen molar-refractivity contribution < 1.29 is 9.53 Å². The van der Waals surface area contributed by atoms with E-state index >= 15 is 0 Å². The van der Waals surface area contributed by atoms with Crippen molar-refractivity contribution in [3.8, 4) is 0 Å². The highest BCUT2D eigenvalue weighted by Gasteiger charge is 2.56. The number of ketones is 1. The number of epoxide rings is 1. The van der Waals surface area contributed by atoms with Crippen LogP contribution in [-0.2, 0) is 9.53 Å². The molecular formula is C15H24O2. The van der Waals surface area contributed by atoms with Crippen LogP contribution in [0.25, 0.3) is 0 Å². The number of unbranched alkanes of at least 4 members (excludes halogenated alkanes) is 3. The molecule has 2 atom stereocenters. The molecule has 1 fully saturated rings. The summed E-state index contributed by atoms with van der Waals surface area (Å²) >= 11 is 0. The van der Waals surface area contributed by atoms with Crippen molar-refractivity contribution >= 4 is 5.78 Å². The van der Waals surface area contributed by atoms with Crippen LogP contribution in [0.4, 0.5) is 0 Å². The van der Waals surface area contributed by atoms with E-state index in [0.29, 0.717) is 5.78 Å². The molecule has 0 aromatic heterocycles. The molecule has 0 aromatic rings. The Morgan fingerprint density at radius 1 is 1.29 bits per heavy atom. The Balaban J connectivity index is 1.89. The average Bonchev–Trinajstić information content (AvgIpc) is 3.03. The van der Waals surface area contributed by atoms with Gasteiger partial charge in [-0.1, -0.05) is 46.0 Å². The van der Waals surface area contributed by atoms with Crippen molar-refractivity contribution in [1.29, 1.82) is 0 Å². The Hall–Kier alpha value is -0.630. The number of hydrogen-bond donors (Lipinski definition) is 0. The highest BCUT2D eigenvalue weighted by molar-refractivity contribution is 6.01. The summed E-state index contributed by atoms with van der Waals surface area (Å²) < 4.78 is 5.58. The first-order valence-electron chi connectivity index (χ1n) is 7.13. The second-order valence-corrected chi connectivity index (χ2v) is 5.43. The molecule has 1 heterocycles. The normalized spacial score (nSPS) is 31.1. The summed E-state index contributed by atoms with van der Waals surface area (Å²) in [6, 6.07) is 0. The summed E-state index contributed by atoms with van der Waals surface area (Å²) in [4.78, 5) is 12.3. The molecular weight excluding hydrogens is 212 g/mol. The van der Waals surface area contributed by atoms with Gasteiger partial charge in [-0.2, -0.15) is 0 Å². The van der Waals surface area contributed by atoms with Crippen LogP contribution in [0.3, 0.4) is 0 Å². The molecule has 0 unspecified atom stereocenters. The molecule has 2 nitrogen and oxygen atoms in total. The molecule has 0 N–H and O–H groups in total. The van der Waals surface area contributed by atoms with Gasteiger partial charge in [0.1, 0.15) is 5.60 Å². The van der Waals surface area contributed by atoms with E-state index in [-0.39, 0.29) is 11.5 Å². The first-order valence-corrected chi connectivity index (χ1v) is 7.13. The summed E-state index contributed by atoms with van der Waals surface area (Å²) in [7, 11) is 0. The van der Waals surface area contributed by atoms with Gasteiger partial charge >= 0.3 is 0 Å². The fourth-order valence-corrected chi connectivity index (χ4v) is 2.90. The van der Waals surface area contributed by atoms with Gasteiger partial charge in [0.05, 0.1) is 12.5 Å². The smallest absolute Gasteiger partial charge is 0.165 e. The maximum absolute atomic E-state index is 12.3. The van der Waals surface area contributed by atoms with E-state index in [1.165, 1.54) is 25.7 Å². The Bertz CT molecular complexity index is 313. The van der Waals surface area contributed by atoms with Gasteiger partial charge in [-0.25, -0.2) is 0 Å². The molecule has 2 aliphatic rings. The molecule has 0 amide bonds. The van der Waals surface area contributed by atoms with E-state index in [4.69, 9.17) is 4.74 Å². The quantitative estimate of drug-likeness (QED) is 0.499. The number of ether oxygens (including phenoxy) is 1. The summed E-state index contributed by atoms with van der Waals surface area (Å²) in [6.45, 7) is 5.11. The van der Waals surface area contributed by atoms with E-state index < -0.39 is 0 Å². The lowest BCUT2D eigenvalue weighted by molar-refractivity contribution is -0.119. The van der Waals surface area contributed by atoms with Gasteiger partial charge in [0, 0.05) is 0 Å². The Labute approximate surface area is 104 Å². The van der Waals surface area contributed by atoms with Crippen LogP contribution in [0, 0.1) is 5.92 Å². The van der Waals surface area contributed by atoms with Crippen molar-refractivity contribution in [2.45, 2.75) is 64.4 Å². The summed E-state index contributed by atoms with van der Waals surface area (Å²) in [6.07, 6.45) is 10.1. The number of rotatable bonds is 7. The molecule has 1 aliphatic carbocycles. The van der Waals surface area contributed by atoms with Gasteiger partial charge in [-0.05, 0) is 24.5 Å². The highest BCUT2D eigenvalue weighted by atomic mass is 16.6. The lowest BCUT2D eigenvalue weighted by Gasteiger charge is -2.13. The van der Waals surface area contributed by atoms with Crippen molar-refractivity contribution in [2.24, 2.45) is 5.92 Å². The number of allylic oxidation sites excluding steroid dienone is 1. The standard InChI is InChI=1S/C15H24O2/c1-3-5-6-7-9-13-14(16)12(8-4-2)10-15(13)11-17-15/h10,13H,3-9,11H2,1-2H3/t13-,15+/m1/s1. The SMILES string of the molecule is CCCCCC[C@@H]1C(=O)C(CCC)=C[C@]12CO2. The largest absolute Gasteiger partial charge is 0.364 e. The lowest BCUT2D eigenvalue weighted by atomic mass is 9.89. The van der Waals surface area contributed by atoms with Crippen LogP contribution in [0.1, 0.15) is 58.8 Å². The second-order valence-electron chi connectivity index (χ2n) is 5.43. The molecule has 1 saturated heterocycles. The minimum Gasteiger partial charge on any atom is -0.364 e. The minimum atomic E-state index is -0.159. The van der Waals surface area contributed by atoms with Gasteiger partial charge in [-0.3, -0.25) is 4.79 Å². The predicted octanol–water partition coefficient (Wildman–Crippen LogP) is 3.65. The van der Waals surface area contributed by atoms with Crippen molar-refractivity contribution in [3.63, 3.8) is 0 Å². The topological polar surface area (TPSA) is 29.6 Å². The lowest BCUT2D eigenvalue weighted by Crippen LogP contribution is -2.24. The average molecular weight is 236 g/mol. The Morgan fingerprint density at radius 2 is 2.06 bits per heavy atom. The maximum Gasteiger partial charge on any atom is 0.165 e. The van der Waals surface area contributed by atoms with E-state index in [1.54, 1.807) is 0 Å². The van der Waals surface area contributed by atoms with Gasteiger partial charge in [-0.15, -0.1) is 0 Å². The molecule has 0 saturated carbocycles.